The third-order valence-electron chi connectivity index (χ3n) is 3.89. The van der Waals surface area contributed by atoms with Crippen LogP contribution < -0.4 is 15.4 Å². The van der Waals surface area contributed by atoms with E-state index in [0.717, 1.165) is 5.56 Å². The molecule has 0 fully saturated rings. The summed E-state index contributed by atoms with van der Waals surface area (Å²) in [5, 5.41) is 3.38. The van der Waals surface area contributed by atoms with Crippen LogP contribution in [0.5, 0.6) is 5.75 Å². The summed E-state index contributed by atoms with van der Waals surface area (Å²) in [6.45, 7) is 8.12. The zero-order chi connectivity index (χ0) is 21.3. The molecule has 1 N–H and O–H groups in total. The SMILES string of the molecule is CCOP(=O)(COc1ccc(CCNC(=O)OC(C)(C)C)cc1)c1ccccc1. The zero-order valence-electron chi connectivity index (χ0n) is 17.5. The second kappa shape index (κ2) is 10.5. The smallest absolute Gasteiger partial charge is 0.407 e. The van der Waals surface area contributed by atoms with Crippen LogP contribution in [0.2, 0.25) is 0 Å². The lowest BCUT2D eigenvalue weighted by Crippen LogP contribution is -2.33. The summed E-state index contributed by atoms with van der Waals surface area (Å²) in [6.07, 6.45) is 0.218. The number of rotatable bonds is 9. The summed E-state index contributed by atoms with van der Waals surface area (Å²) in [5.41, 5.74) is 0.536. The quantitative estimate of drug-likeness (QED) is 0.595. The lowest BCUT2D eigenvalue weighted by molar-refractivity contribution is 0.0528. The highest BCUT2D eigenvalue weighted by Crippen LogP contribution is 2.45. The van der Waals surface area contributed by atoms with Gasteiger partial charge < -0.3 is 19.3 Å². The maximum Gasteiger partial charge on any atom is 0.407 e. The molecule has 0 bridgehead atoms. The van der Waals surface area contributed by atoms with Gasteiger partial charge in [-0.1, -0.05) is 30.3 Å². The Morgan fingerprint density at radius 1 is 1.03 bits per heavy atom. The molecule has 0 aliphatic rings. The van der Waals surface area contributed by atoms with Crippen LogP contribution in [0.4, 0.5) is 4.79 Å². The highest BCUT2D eigenvalue weighted by molar-refractivity contribution is 7.66. The van der Waals surface area contributed by atoms with Crippen LogP contribution in [0.25, 0.3) is 0 Å². The highest BCUT2D eigenvalue weighted by Gasteiger charge is 2.26. The van der Waals surface area contributed by atoms with Gasteiger partial charge in [0.05, 0.1) is 6.61 Å². The van der Waals surface area contributed by atoms with Crippen molar-refractivity contribution in [1.82, 2.24) is 5.32 Å². The number of carbonyl (C=O) groups excluding carboxylic acids is 1. The number of carbonyl (C=O) groups is 1. The fraction of sp³-hybridized carbons (Fsp3) is 0.409. The Morgan fingerprint density at radius 2 is 1.69 bits per heavy atom. The number of amides is 1. The molecule has 1 atom stereocenters. The maximum absolute atomic E-state index is 13.2. The van der Waals surface area contributed by atoms with Crippen molar-refractivity contribution in [3.63, 3.8) is 0 Å². The molecular formula is C22H30NO5P. The monoisotopic (exact) mass is 419 g/mol. The van der Waals surface area contributed by atoms with Gasteiger partial charge in [-0.15, -0.1) is 0 Å². The average Bonchev–Trinajstić information content (AvgIpc) is 2.67. The molecule has 29 heavy (non-hydrogen) atoms. The van der Waals surface area contributed by atoms with Gasteiger partial charge in [0.1, 0.15) is 11.4 Å². The Kier molecular flexibility index (Phi) is 8.30. The molecule has 0 aromatic heterocycles. The second-order valence-electron chi connectivity index (χ2n) is 7.52. The minimum atomic E-state index is -3.08. The summed E-state index contributed by atoms with van der Waals surface area (Å²) >= 11 is 0. The third-order valence-corrected chi connectivity index (χ3v) is 6.12. The van der Waals surface area contributed by atoms with E-state index >= 15 is 0 Å². The van der Waals surface area contributed by atoms with Crippen LogP contribution in [0.15, 0.2) is 54.6 Å². The van der Waals surface area contributed by atoms with E-state index < -0.39 is 19.1 Å². The largest absolute Gasteiger partial charge is 0.483 e. The number of hydrogen-bond acceptors (Lipinski definition) is 5. The molecule has 1 unspecified atom stereocenters. The molecular weight excluding hydrogens is 389 g/mol. The molecule has 0 spiro atoms. The Labute approximate surface area is 173 Å². The van der Waals surface area contributed by atoms with Gasteiger partial charge in [-0.2, -0.15) is 0 Å². The van der Waals surface area contributed by atoms with E-state index in [4.69, 9.17) is 14.0 Å². The molecule has 158 valence electrons. The summed E-state index contributed by atoms with van der Waals surface area (Å²) in [5.74, 6) is 0.615. The molecule has 0 saturated heterocycles. The van der Waals surface area contributed by atoms with Gasteiger partial charge in [-0.05, 0) is 63.9 Å². The van der Waals surface area contributed by atoms with E-state index in [9.17, 15) is 9.36 Å². The number of nitrogens with one attached hydrogen (secondary N) is 1. The summed E-state index contributed by atoms with van der Waals surface area (Å²) in [7, 11) is -3.08. The molecule has 0 aliphatic heterocycles. The van der Waals surface area contributed by atoms with Crippen LogP contribution in [-0.4, -0.2) is 31.2 Å². The molecule has 6 nitrogen and oxygen atoms in total. The Balaban J connectivity index is 1.87. The van der Waals surface area contributed by atoms with Crippen molar-refractivity contribution in [2.24, 2.45) is 0 Å². The molecule has 2 aromatic carbocycles. The molecule has 2 rings (SSSR count). The van der Waals surface area contributed by atoms with Gasteiger partial charge in [0.25, 0.3) is 7.37 Å². The first-order valence-corrected chi connectivity index (χ1v) is 11.5. The highest BCUT2D eigenvalue weighted by atomic mass is 31.2. The van der Waals surface area contributed by atoms with E-state index in [2.05, 4.69) is 5.32 Å². The van der Waals surface area contributed by atoms with Gasteiger partial charge in [-0.25, -0.2) is 4.79 Å². The Bertz CT molecular complexity index is 815. The van der Waals surface area contributed by atoms with Crippen LogP contribution in [0.3, 0.4) is 0 Å². The van der Waals surface area contributed by atoms with Crippen molar-refractivity contribution in [2.45, 2.75) is 39.7 Å². The number of alkyl carbamates (subject to hydrolysis) is 1. The zero-order valence-corrected chi connectivity index (χ0v) is 18.4. The van der Waals surface area contributed by atoms with E-state index in [0.29, 0.717) is 30.6 Å². The van der Waals surface area contributed by atoms with E-state index in [1.54, 1.807) is 12.1 Å². The summed E-state index contributed by atoms with van der Waals surface area (Å²) < 4.78 is 29.7. The minimum Gasteiger partial charge on any atom is -0.483 e. The predicted molar refractivity (Wildman–Crippen MR) is 115 cm³/mol. The van der Waals surface area contributed by atoms with Crippen molar-refractivity contribution < 1.29 is 23.4 Å². The Hall–Kier alpha value is -2.30. The van der Waals surface area contributed by atoms with Crippen LogP contribution in [-0.2, 0) is 20.2 Å². The van der Waals surface area contributed by atoms with Crippen molar-refractivity contribution in [1.29, 1.82) is 0 Å². The van der Waals surface area contributed by atoms with Crippen LogP contribution >= 0.6 is 7.37 Å². The molecule has 7 heteroatoms. The van der Waals surface area contributed by atoms with E-state index in [1.807, 2.05) is 70.2 Å². The summed E-state index contributed by atoms with van der Waals surface area (Å²) in [4.78, 5) is 11.7. The predicted octanol–water partition coefficient (Wildman–Crippen LogP) is 4.73. The van der Waals surface area contributed by atoms with E-state index in [1.165, 1.54) is 0 Å². The fourth-order valence-corrected chi connectivity index (χ4v) is 4.32. The minimum absolute atomic E-state index is 0.0234. The molecule has 0 saturated carbocycles. The van der Waals surface area contributed by atoms with Crippen LogP contribution in [0.1, 0.15) is 33.3 Å². The Morgan fingerprint density at radius 3 is 2.28 bits per heavy atom. The second-order valence-corrected chi connectivity index (χ2v) is 9.90. The first-order chi connectivity index (χ1) is 13.7. The normalized spacial score (nSPS) is 13.4. The molecule has 1 amide bonds. The average molecular weight is 419 g/mol. The molecule has 0 aliphatic carbocycles. The van der Waals surface area contributed by atoms with Crippen molar-refractivity contribution in [3.8, 4) is 5.75 Å². The topological polar surface area (TPSA) is 73.9 Å². The lowest BCUT2D eigenvalue weighted by atomic mass is 10.1. The van der Waals surface area contributed by atoms with Crippen molar-refractivity contribution in [2.75, 3.05) is 19.5 Å². The number of ether oxygens (including phenoxy) is 2. The van der Waals surface area contributed by atoms with E-state index in [-0.39, 0.29) is 6.35 Å². The van der Waals surface area contributed by atoms with Crippen LogP contribution in [0, 0.1) is 0 Å². The molecule has 0 heterocycles. The maximum atomic E-state index is 13.2. The molecule has 2 aromatic rings. The fourth-order valence-electron chi connectivity index (χ4n) is 2.58. The van der Waals surface area contributed by atoms with Gasteiger partial charge in [-0.3, -0.25) is 4.57 Å². The van der Waals surface area contributed by atoms with Crippen molar-refractivity contribution in [3.05, 3.63) is 60.2 Å². The number of benzene rings is 2. The molecule has 0 radical (unpaired) electrons. The van der Waals surface area contributed by atoms with Gasteiger partial charge in [0, 0.05) is 11.8 Å². The van der Waals surface area contributed by atoms with Gasteiger partial charge in [0.15, 0.2) is 6.35 Å². The summed E-state index contributed by atoms with van der Waals surface area (Å²) in [6, 6.07) is 16.6. The van der Waals surface area contributed by atoms with Gasteiger partial charge >= 0.3 is 6.09 Å². The first-order valence-electron chi connectivity index (χ1n) is 9.70. The third kappa shape index (κ3) is 7.92. The standard InChI is InChI=1S/C22H30NO5P/c1-5-27-29(25,20-9-7-6-8-10-20)17-26-19-13-11-18(12-14-19)15-16-23-21(24)28-22(2,3)4/h6-14H,5,15-17H2,1-4H3,(H,23,24). The number of hydrogen-bond donors (Lipinski definition) is 1. The lowest BCUT2D eigenvalue weighted by Gasteiger charge is -2.19. The van der Waals surface area contributed by atoms with Crippen molar-refractivity contribution >= 4 is 18.8 Å². The van der Waals surface area contributed by atoms with Gasteiger partial charge in [0.2, 0.25) is 0 Å². The first kappa shape index (κ1) is 23.0.